The van der Waals surface area contributed by atoms with Crippen LogP contribution < -0.4 is 5.32 Å². The summed E-state index contributed by atoms with van der Waals surface area (Å²) in [6.45, 7) is 6.99. The summed E-state index contributed by atoms with van der Waals surface area (Å²) >= 11 is 0. The van der Waals surface area contributed by atoms with Crippen LogP contribution in [0.15, 0.2) is 0 Å². The number of rotatable bonds is 7. The highest BCUT2D eigenvalue weighted by atomic mass is 16.5. The number of carbonyl (C=O) groups excluding carboxylic acids is 1. The van der Waals surface area contributed by atoms with Gasteiger partial charge in [0.2, 0.25) is 0 Å². The summed E-state index contributed by atoms with van der Waals surface area (Å²) in [6, 6.07) is 0.400. The van der Waals surface area contributed by atoms with Gasteiger partial charge in [-0.2, -0.15) is 0 Å². The zero-order valence-corrected chi connectivity index (χ0v) is 12.0. The summed E-state index contributed by atoms with van der Waals surface area (Å²) in [4.78, 5) is 14.1. The minimum atomic E-state index is -0.651. The monoisotopic (exact) mass is 258 g/mol. The quantitative estimate of drug-likeness (QED) is 0.679. The predicted octanol–water partition coefficient (Wildman–Crippen LogP) is 0.638. The molecule has 0 radical (unpaired) electrons. The van der Waals surface area contributed by atoms with Crippen LogP contribution in [0.5, 0.6) is 0 Å². The summed E-state index contributed by atoms with van der Waals surface area (Å²) in [5, 5.41) is 3.29. The summed E-state index contributed by atoms with van der Waals surface area (Å²) in [6.07, 6.45) is 2.02. The SMILES string of the molecule is CCCNC(C)(CN(C)C1CCOC1)C(=O)OC. The lowest BCUT2D eigenvalue weighted by molar-refractivity contribution is -0.148. The van der Waals surface area contributed by atoms with Gasteiger partial charge in [0.25, 0.3) is 0 Å². The molecule has 1 heterocycles. The summed E-state index contributed by atoms with van der Waals surface area (Å²) in [7, 11) is 3.47. The molecule has 1 saturated heterocycles. The second-order valence-corrected chi connectivity index (χ2v) is 5.18. The van der Waals surface area contributed by atoms with E-state index in [0.717, 1.165) is 32.6 Å². The maximum absolute atomic E-state index is 11.9. The first-order chi connectivity index (χ1) is 8.53. The molecule has 0 spiro atoms. The minimum Gasteiger partial charge on any atom is -0.468 e. The Balaban J connectivity index is 2.61. The number of ether oxygens (including phenoxy) is 2. The summed E-state index contributed by atoms with van der Waals surface area (Å²) in [5.41, 5.74) is -0.651. The smallest absolute Gasteiger partial charge is 0.327 e. The Morgan fingerprint density at radius 3 is 2.83 bits per heavy atom. The number of carbonyl (C=O) groups is 1. The highest BCUT2D eigenvalue weighted by Gasteiger charge is 2.36. The lowest BCUT2D eigenvalue weighted by Crippen LogP contribution is -2.58. The molecule has 0 bridgehead atoms. The molecule has 2 atom stereocenters. The molecule has 0 aliphatic carbocycles. The van der Waals surface area contributed by atoms with E-state index in [1.165, 1.54) is 7.11 Å². The van der Waals surface area contributed by atoms with Crippen molar-refractivity contribution in [3.63, 3.8) is 0 Å². The number of esters is 1. The van der Waals surface area contributed by atoms with Gasteiger partial charge in [0.15, 0.2) is 0 Å². The molecule has 1 rings (SSSR count). The van der Waals surface area contributed by atoms with Crippen LogP contribution in [0.2, 0.25) is 0 Å². The number of nitrogens with zero attached hydrogens (tertiary/aromatic N) is 1. The number of methoxy groups -OCH3 is 1. The van der Waals surface area contributed by atoms with Gasteiger partial charge in [-0.05, 0) is 33.4 Å². The van der Waals surface area contributed by atoms with Crippen LogP contribution in [-0.4, -0.2) is 62.9 Å². The molecular weight excluding hydrogens is 232 g/mol. The van der Waals surface area contributed by atoms with Crippen LogP contribution in [0.1, 0.15) is 26.7 Å². The van der Waals surface area contributed by atoms with E-state index in [2.05, 4.69) is 17.1 Å². The van der Waals surface area contributed by atoms with E-state index in [9.17, 15) is 4.79 Å². The van der Waals surface area contributed by atoms with Crippen molar-refractivity contribution < 1.29 is 14.3 Å². The van der Waals surface area contributed by atoms with Gasteiger partial charge in [-0.15, -0.1) is 0 Å². The first-order valence-electron chi connectivity index (χ1n) is 6.65. The van der Waals surface area contributed by atoms with Gasteiger partial charge < -0.3 is 14.8 Å². The van der Waals surface area contributed by atoms with Gasteiger partial charge in [0, 0.05) is 19.2 Å². The van der Waals surface area contributed by atoms with Crippen molar-refractivity contribution in [1.82, 2.24) is 10.2 Å². The van der Waals surface area contributed by atoms with Crippen molar-refractivity contribution in [2.45, 2.75) is 38.3 Å². The number of hydrogen-bond donors (Lipinski definition) is 1. The molecule has 0 aromatic rings. The Morgan fingerprint density at radius 1 is 1.61 bits per heavy atom. The lowest BCUT2D eigenvalue weighted by atomic mass is 10.0. The van der Waals surface area contributed by atoms with Gasteiger partial charge in [0.1, 0.15) is 5.54 Å². The van der Waals surface area contributed by atoms with Crippen molar-refractivity contribution >= 4 is 5.97 Å². The molecule has 5 nitrogen and oxygen atoms in total. The normalized spacial score (nSPS) is 23.1. The third-order valence-corrected chi connectivity index (χ3v) is 3.50. The number of nitrogens with one attached hydrogen (secondary N) is 1. The third-order valence-electron chi connectivity index (χ3n) is 3.50. The third kappa shape index (κ3) is 3.93. The zero-order chi connectivity index (χ0) is 13.6. The first-order valence-corrected chi connectivity index (χ1v) is 6.65. The van der Waals surface area contributed by atoms with Gasteiger partial charge in [-0.3, -0.25) is 9.69 Å². The Kier molecular flexibility index (Phi) is 6.05. The Morgan fingerprint density at radius 2 is 2.33 bits per heavy atom. The Hall–Kier alpha value is -0.650. The highest BCUT2D eigenvalue weighted by Crippen LogP contribution is 2.15. The van der Waals surface area contributed by atoms with E-state index in [1.807, 2.05) is 14.0 Å². The van der Waals surface area contributed by atoms with E-state index in [4.69, 9.17) is 9.47 Å². The molecule has 1 aliphatic rings. The van der Waals surface area contributed by atoms with Crippen LogP contribution >= 0.6 is 0 Å². The number of likely N-dealkylation sites (N-methyl/N-ethyl adjacent to an activating group) is 1. The maximum atomic E-state index is 11.9. The van der Waals surface area contributed by atoms with Crippen molar-refractivity contribution in [2.24, 2.45) is 0 Å². The topological polar surface area (TPSA) is 50.8 Å². The standard InChI is InChI=1S/C13H26N2O3/c1-5-7-14-13(2,12(16)17-4)10-15(3)11-6-8-18-9-11/h11,14H,5-10H2,1-4H3. The molecule has 0 aromatic heterocycles. The van der Waals surface area contributed by atoms with Crippen molar-refractivity contribution in [3.05, 3.63) is 0 Å². The summed E-state index contributed by atoms with van der Waals surface area (Å²) < 4.78 is 10.3. The first kappa shape index (κ1) is 15.4. The van der Waals surface area contributed by atoms with Gasteiger partial charge in [0.05, 0.1) is 13.7 Å². The largest absolute Gasteiger partial charge is 0.468 e. The average Bonchev–Trinajstić information content (AvgIpc) is 2.89. The van der Waals surface area contributed by atoms with Crippen molar-refractivity contribution in [3.8, 4) is 0 Å². The molecule has 0 amide bonds. The fourth-order valence-corrected chi connectivity index (χ4v) is 2.32. The molecule has 18 heavy (non-hydrogen) atoms. The average molecular weight is 258 g/mol. The zero-order valence-electron chi connectivity index (χ0n) is 12.0. The molecule has 106 valence electrons. The molecular formula is C13H26N2O3. The molecule has 0 saturated carbocycles. The van der Waals surface area contributed by atoms with Gasteiger partial charge >= 0.3 is 5.97 Å². The van der Waals surface area contributed by atoms with Gasteiger partial charge in [-0.1, -0.05) is 6.92 Å². The second kappa shape index (κ2) is 7.07. The molecule has 1 N–H and O–H groups in total. The molecule has 5 heteroatoms. The van der Waals surface area contributed by atoms with Crippen molar-refractivity contribution in [1.29, 1.82) is 0 Å². The molecule has 2 unspecified atom stereocenters. The van der Waals surface area contributed by atoms with E-state index in [0.29, 0.717) is 12.6 Å². The minimum absolute atomic E-state index is 0.207. The second-order valence-electron chi connectivity index (χ2n) is 5.18. The van der Waals surface area contributed by atoms with Crippen LogP contribution in [-0.2, 0) is 14.3 Å². The fourth-order valence-electron chi connectivity index (χ4n) is 2.32. The Labute approximate surface area is 110 Å². The summed E-state index contributed by atoms with van der Waals surface area (Å²) in [5.74, 6) is -0.207. The maximum Gasteiger partial charge on any atom is 0.327 e. The highest BCUT2D eigenvalue weighted by molar-refractivity contribution is 5.80. The number of hydrogen-bond acceptors (Lipinski definition) is 5. The van der Waals surface area contributed by atoms with E-state index in [-0.39, 0.29) is 5.97 Å². The molecule has 0 aromatic carbocycles. The van der Waals surface area contributed by atoms with Crippen LogP contribution in [0.4, 0.5) is 0 Å². The predicted molar refractivity (Wildman–Crippen MR) is 70.6 cm³/mol. The van der Waals surface area contributed by atoms with Gasteiger partial charge in [-0.25, -0.2) is 0 Å². The van der Waals surface area contributed by atoms with Crippen molar-refractivity contribution in [2.75, 3.05) is 40.5 Å². The molecule has 1 aliphatic heterocycles. The van der Waals surface area contributed by atoms with Crippen LogP contribution in [0.25, 0.3) is 0 Å². The van der Waals surface area contributed by atoms with Crippen LogP contribution in [0.3, 0.4) is 0 Å². The van der Waals surface area contributed by atoms with Crippen LogP contribution in [0, 0.1) is 0 Å². The fraction of sp³-hybridized carbons (Fsp3) is 0.923. The van der Waals surface area contributed by atoms with E-state index >= 15 is 0 Å². The lowest BCUT2D eigenvalue weighted by Gasteiger charge is -2.34. The Bertz CT molecular complexity index is 267. The van der Waals surface area contributed by atoms with E-state index < -0.39 is 5.54 Å². The van der Waals surface area contributed by atoms with E-state index in [1.54, 1.807) is 0 Å². The molecule has 1 fully saturated rings.